The van der Waals surface area contributed by atoms with Crippen LogP contribution in [-0.4, -0.2) is 21.1 Å². The van der Waals surface area contributed by atoms with Crippen LogP contribution >= 0.6 is 0 Å². The van der Waals surface area contributed by atoms with Gasteiger partial charge in [-0.2, -0.15) is 0 Å². The first-order chi connectivity index (χ1) is 9.70. The van der Waals surface area contributed by atoms with E-state index in [1.165, 1.54) is 5.56 Å². The van der Waals surface area contributed by atoms with Gasteiger partial charge >= 0.3 is 0 Å². The van der Waals surface area contributed by atoms with Gasteiger partial charge in [-0.15, -0.1) is 0 Å². The summed E-state index contributed by atoms with van der Waals surface area (Å²) in [5, 5.41) is 3.63. The summed E-state index contributed by atoms with van der Waals surface area (Å²) in [7, 11) is 2.05. The number of hydrogen-bond donors (Lipinski definition) is 1. The fraction of sp³-hybridized carbons (Fsp3) is 0.500. The summed E-state index contributed by atoms with van der Waals surface area (Å²) in [5.74, 6) is 1.14. The van der Waals surface area contributed by atoms with E-state index in [1.54, 1.807) is 0 Å². The van der Waals surface area contributed by atoms with Gasteiger partial charge in [-0.3, -0.25) is 4.98 Å². The van der Waals surface area contributed by atoms with Gasteiger partial charge in [0.2, 0.25) is 0 Å². The van der Waals surface area contributed by atoms with Crippen molar-refractivity contribution in [3.63, 3.8) is 0 Å². The molecule has 0 aliphatic rings. The second-order valence-electron chi connectivity index (χ2n) is 5.23. The molecule has 0 aliphatic carbocycles. The van der Waals surface area contributed by atoms with E-state index in [9.17, 15) is 0 Å². The van der Waals surface area contributed by atoms with Crippen LogP contribution in [0.1, 0.15) is 42.9 Å². The molecule has 2 aromatic rings. The van der Waals surface area contributed by atoms with Crippen molar-refractivity contribution in [3.8, 4) is 0 Å². The number of imidazole rings is 1. The molecular formula is C16H24N4. The minimum Gasteiger partial charge on any atom is -0.338 e. The van der Waals surface area contributed by atoms with Gasteiger partial charge in [-0.25, -0.2) is 4.98 Å². The lowest BCUT2D eigenvalue weighted by Crippen LogP contribution is -2.23. The number of hydrogen-bond acceptors (Lipinski definition) is 3. The van der Waals surface area contributed by atoms with Crippen molar-refractivity contribution in [1.29, 1.82) is 0 Å². The molecule has 108 valence electrons. The molecule has 1 N–H and O–H groups in total. The SMILES string of the molecule is CCCNC(CCc1nccn1C)c1ccnc(C)c1. The second-order valence-corrected chi connectivity index (χ2v) is 5.23. The third kappa shape index (κ3) is 3.90. The molecule has 2 aromatic heterocycles. The summed E-state index contributed by atoms with van der Waals surface area (Å²) in [6, 6.07) is 4.65. The Labute approximate surface area is 121 Å². The zero-order chi connectivity index (χ0) is 14.4. The third-order valence-corrected chi connectivity index (χ3v) is 3.54. The normalized spacial score (nSPS) is 12.6. The smallest absolute Gasteiger partial charge is 0.108 e. The van der Waals surface area contributed by atoms with Crippen molar-refractivity contribution < 1.29 is 0 Å². The van der Waals surface area contributed by atoms with Crippen molar-refractivity contribution >= 4 is 0 Å². The summed E-state index contributed by atoms with van der Waals surface area (Å²) in [6.45, 7) is 5.27. The molecular weight excluding hydrogens is 248 g/mol. The van der Waals surface area contributed by atoms with Crippen molar-refractivity contribution in [2.75, 3.05) is 6.54 Å². The zero-order valence-corrected chi connectivity index (χ0v) is 12.6. The maximum absolute atomic E-state index is 4.40. The highest BCUT2D eigenvalue weighted by atomic mass is 15.0. The molecule has 2 rings (SSSR count). The first kappa shape index (κ1) is 14.7. The van der Waals surface area contributed by atoms with Crippen molar-refractivity contribution in [1.82, 2.24) is 19.9 Å². The Morgan fingerprint density at radius 3 is 2.80 bits per heavy atom. The molecule has 2 heterocycles. The van der Waals surface area contributed by atoms with E-state index in [4.69, 9.17) is 0 Å². The van der Waals surface area contributed by atoms with Crippen LogP contribution < -0.4 is 5.32 Å². The molecule has 0 saturated heterocycles. The lowest BCUT2D eigenvalue weighted by Gasteiger charge is -2.19. The molecule has 0 amide bonds. The van der Waals surface area contributed by atoms with E-state index in [1.807, 2.05) is 32.6 Å². The predicted octanol–water partition coefficient (Wildman–Crippen LogP) is 2.80. The van der Waals surface area contributed by atoms with Gasteiger partial charge in [0.15, 0.2) is 0 Å². The minimum absolute atomic E-state index is 0.369. The van der Waals surface area contributed by atoms with Crippen molar-refractivity contribution in [3.05, 3.63) is 47.8 Å². The molecule has 4 heteroatoms. The number of aryl methyl sites for hydroxylation is 3. The first-order valence-electron chi connectivity index (χ1n) is 7.33. The molecule has 4 nitrogen and oxygen atoms in total. The van der Waals surface area contributed by atoms with Gasteiger partial charge in [0.25, 0.3) is 0 Å². The quantitative estimate of drug-likeness (QED) is 0.843. The van der Waals surface area contributed by atoms with Crippen LogP contribution in [0.5, 0.6) is 0 Å². The van der Waals surface area contributed by atoms with Crippen molar-refractivity contribution in [2.24, 2.45) is 7.05 Å². The van der Waals surface area contributed by atoms with Gasteiger partial charge in [0.05, 0.1) is 0 Å². The lowest BCUT2D eigenvalue weighted by atomic mass is 10.0. The molecule has 0 aliphatic heterocycles. The van der Waals surface area contributed by atoms with Gasteiger partial charge in [0.1, 0.15) is 5.82 Å². The molecule has 0 fully saturated rings. The van der Waals surface area contributed by atoms with Gasteiger partial charge in [-0.05, 0) is 44.0 Å². The van der Waals surface area contributed by atoms with Crippen molar-refractivity contribution in [2.45, 2.75) is 39.2 Å². The molecule has 1 unspecified atom stereocenters. The van der Waals surface area contributed by atoms with Crippen LogP contribution in [0, 0.1) is 6.92 Å². The lowest BCUT2D eigenvalue weighted by molar-refractivity contribution is 0.490. The van der Waals surface area contributed by atoms with Crippen LogP contribution in [-0.2, 0) is 13.5 Å². The Morgan fingerprint density at radius 2 is 2.15 bits per heavy atom. The fourth-order valence-corrected chi connectivity index (χ4v) is 2.40. The van der Waals surface area contributed by atoms with Gasteiger partial charge < -0.3 is 9.88 Å². The largest absolute Gasteiger partial charge is 0.338 e. The highest BCUT2D eigenvalue weighted by Gasteiger charge is 2.12. The summed E-state index contributed by atoms with van der Waals surface area (Å²) in [6.07, 6.45) is 8.93. The highest BCUT2D eigenvalue weighted by molar-refractivity contribution is 5.19. The standard InChI is InChI=1S/C16H24N4/c1-4-8-18-15(14-7-9-17-13(2)12-14)5-6-16-19-10-11-20(16)3/h7,9-12,15,18H,4-6,8H2,1-3H3. The number of rotatable bonds is 7. The number of nitrogens with zero attached hydrogens (tertiary/aromatic N) is 3. The number of aromatic nitrogens is 3. The summed E-state index contributed by atoms with van der Waals surface area (Å²) < 4.78 is 2.09. The molecule has 0 aromatic carbocycles. The van der Waals surface area contributed by atoms with Crippen LogP contribution in [0.2, 0.25) is 0 Å². The van der Waals surface area contributed by atoms with Crippen LogP contribution in [0.3, 0.4) is 0 Å². The third-order valence-electron chi connectivity index (χ3n) is 3.54. The molecule has 0 bridgehead atoms. The van der Waals surface area contributed by atoms with E-state index >= 15 is 0 Å². The van der Waals surface area contributed by atoms with Crippen LogP contribution in [0.25, 0.3) is 0 Å². The molecule has 0 radical (unpaired) electrons. The molecule has 1 atom stereocenters. The summed E-state index contributed by atoms with van der Waals surface area (Å²) in [4.78, 5) is 8.68. The van der Waals surface area contributed by atoms with E-state index in [0.717, 1.165) is 37.3 Å². The maximum atomic E-state index is 4.40. The molecule has 0 spiro atoms. The molecule has 0 saturated carbocycles. The first-order valence-corrected chi connectivity index (χ1v) is 7.33. The summed E-state index contributed by atoms with van der Waals surface area (Å²) >= 11 is 0. The summed E-state index contributed by atoms with van der Waals surface area (Å²) in [5.41, 5.74) is 2.39. The van der Waals surface area contributed by atoms with E-state index in [2.05, 4.69) is 38.9 Å². The van der Waals surface area contributed by atoms with Crippen LogP contribution in [0.4, 0.5) is 0 Å². The monoisotopic (exact) mass is 272 g/mol. The van der Waals surface area contributed by atoms with Gasteiger partial charge in [-0.1, -0.05) is 6.92 Å². The Balaban J connectivity index is 2.05. The molecule has 20 heavy (non-hydrogen) atoms. The predicted molar refractivity (Wildman–Crippen MR) is 81.5 cm³/mol. The Kier molecular flexibility index (Phi) is 5.30. The fourth-order valence-electron chi connectivity index (χ4n) is 2.40. The number of pyridine rings is 1. The van der Waals surface area contributed by atoms with E-state index in [0.29, 0.717) is 6.04 Å². The van der Waals surface area contributed by atoms with Gasteiger partial charge in [0, 0.05) is 43.8 Å². The second kappa shape index (κ2) is 7.20. The topological polar surface area (TPSA) is 42.7 Å². The van der Waals surface area contributed by atoms with Crippen LogP contribution in [0.15, 0.2) is 30.7 Å². The Hall–Kier alpha value is -1.68. The zero-order valence-electron chi connectivity index (χ0n) is 12.6. The average molecular weight is 272 g/mol. The maximum Gasteiger partial charge on any atom is 0.108 e. The highest BCUT2D eigenvalue weighted by Crippen LogP contribution is 2.19. The Bertz CT molecular complexity index is 533. The average Bonchev–Trinajstić information content (AvgIpc) is 2.84. The number of nitrogens with one attached hydrogen (secondary N) is 1. The van der Waals surface area contributed by atoms with E-state index in [-0.39, 0.29) is 0 Å². The Morgan fingerprint density at radius 1 is 1.30 bits per heavy atom. The van der Waals surface area contributed by atoms with E-state index < -0.39 is 0 Å². The minimum atomic E-state index is 0.369.